The zero-order valence-corrected chi connectivity index (χ0v) is 44.3. The van der Waals surface area contributed by atoms with E-state index in [9.17, 15) is 9.59 Å². The normalized spacial score (nSPS) is 23.7. The van der Waals surface area contributed by atoms with E-state index in [1.165, 1.54) is 66.2 Å². The van der Waals surface area contributed by atoms with E-state index in [0.717, 1.165) is 39.2 Å². The van der Waals surface area contributed by atoms with E-state index < -0.39 is 135 Å². The van der Waals surface area contributed by atoms with Gasteiger partial charge in [-0.3, -0.25) is 48.8 Å². The summed E-state index contributed by atoms with van der Waals surface area (Å²) in [6.07, 6.45) is 0. The number of esters is 4. The molecular weight excluding hydrogens is 1040 g/mol. The molecule has 0 saturated carbocycles. The van der Waals surface area contributed by atoms with Gasteiger partial charge in [0.1, 0.15) is 24.8 Å². The first-order valence-electron chi connectivity index (χ1n) is 25.7. The van der Waals surface area contributed by atoms with Gasteiger partial charge < -0.3 is 39.1 Å². The number of urea groups is 4. The summed E-state index contributed by atoms with van der Waals surface area (Å²) in [6, 6.07) is 17.5. The molecule has 4 aromatic carbocycles. The Balaban J connectivity index is 1.17. The van der Waals surface area contributed by atoms with E-state index in [0.29, 0.717) is 0 Å². The second-order valence-electron chi connectivity index (χ2n) is 19.2. The molecule has 0 bridgehead atoms. The van der Waals surface area contributed by atoms with Gasteiger partial charge in [-0.25, -0.2) is 38.4 Å². The number of fused-ring (bicyclic) bond motifs is 2. The molecule has 0 aromatic heterocycles. The minimum absolute atomic E-state index is 0.110. The maximum Gasteiger partial charge on any atom is 0.359 e. The summed E-state index contributed by atoms with van der Waals surface area (Å²) in [5.74, 6) is -6.34. The molecule has 416 valence electrons. The van der Waals surface area contributed by atoms with Crippen molar-refractivity contribution < 1.29 is 76.4 Å². The van der Waals surface area contributed by atoms with Gasteiger partial charge in [0, 0.05) is 44.8 Å². The van der Waals surface area contributed by atoms with Crippen molar-refractivity contribution in [3.8, 4) is 11.5 Å². The predicted molar refractivity (Wildman–Crippen MR) is 273 cm³/mol. The van der Waals surface area contributed by atoms with Crippen LogP contribution < -0.4 is 20.1 Å². The van der Waals surface area contributed by atoms with E-state index in [-0.39, 0.29) is 69.5 Å². The molecule has 4 aromatic rings. The molecule has 11 rings (SSSR count). The van der Waals surface area contributed by atoms with Crippen molar-refractivity contribution in [1.82, 2.24) is 39.2 Å². The summed E-state index contributed by atoms with van der Waals surface area (Å²) in [6.45, 7) is -0.924. The van der Waals surface area contributed by atoms with Gasteiger partial charge in [-0.05, 0) is 76.2 Å². The van der Waals surface area contributed by atoms with Gasteiger partial charge in [0.15, 0.2) is 0 Å². The third-order valence-corrected chi connectivity index (χ3v) is 15.8. The number of hydrogen-bond acceptors (Lipinski definition) is 16. The van der Waals surface area contributed by atoms with Crippen LogP contribution in [0.5, 0.6) is 11.5 Å². The summed E-state index contributed by atoms with van der Waals surface area (Å²) in [5, 5.41) is 5.75. The minimum atomic E-state index is -3.07. The summed E-state index contributed by atoms with van der Waals surface area (Å²) in [7, 11) is 2.68. The van der Waals surface area contributed by atoms with Crippen LogP contribution in [0.3, 0.4) is 0 Å². The maximum absolute atomic E-state index is 16.3. The fourth-order valence-corrected chi connectivity index (χ4v) is 12.7. The Morgan fingerprint density at radius 1 is 0.400 bits per heavy atom. The number of nitrogens with zero attached hydrogens (tertiary/aromatic N) is 8. The number of benzene rings is 4. The van der Waals surface area contributed by atoms with E-state index in [2.05, 4.69) is 10.6 Å². The lowest BCUT2D eigenvalue weighted by atomic mass is 9.88. The van der Waals surface area contributed by atoms with Crippen LogP contribution in [0, 0.1) is 0 Å². The van der Waals surface area contributed by atoms with E-state index in [4.69, 9.17) is 28.4 Å². The number of nitrogens with one attached hydrogen (secondary N) is 2. The molecule has 10 amide bonds. The Labute approximate surface area is 456 Å². The van der Waals surface area contributed by atoms with Gasteiger partial charge in [0.05, 0.1) is 66.8 Å². The van der Waals surface area contributed by atoms with Crippen molar-refractivity contribution in [3.63, 3.8) is 0 Å². The molecule has 4 atom stereocenters. The summed E-state index contributed by atoms with van der Waals surface area (Å²) < 4.78 is 35.0. The van der Waals surface area contributed by atoms with Gasteiger partial charge in [-0.1, -0.05) is 36.4 Å². The number of amides is 10. The number of rotatable bonds is 14. The largest absolute Gasteiger partial charge is 0.496 e. The predicted octanol–water partition coefficient (Wildman–Crippen LogP) is 3.85. The topological polar surface area (TPSA) is 276 Å². The van der Waals surface area contributed by atoms with E-state index in [1.807, 2.05) is 0 Å². The second kappa shape index (κ2) is 19.1. The average Bonchev–Trinajstić information content (AvgIpc) is 2.85. The molecule has 0 radical (unpaired) electrons. The molecule has 26 nitrogen and oxygen atoms in total. The first-order valence-corrected chi connectivity index (χ1v) is 25.7. The molecule has 5 saturated heterocycles. The van der Waals surface area contributed by atoms with Crippen LogP contribution in [-0.4, -0.2) is 176 Å². The molecule has 0 spiro atoms. The zero-order valence-electron chi connectivity index (χ0n) is 44.3. The molecule has 26 heteroatoms. The SMILES string of the molecule is CCOC(=O)[C@@]12N3CN4C(=O)N5Cc6c(NC(=O)c7ccccc7)ccc(OC)c6CN6C(=O)N(CN1C(=O)N1Cc7c(OC)ccc(NC(=O)c8ccccc8)c7CN(C3=O)[C@@]12C(=O)OCC)[C@@]4(C(=O)OCC)[C@]56C(=O)OCC. The molecule has 80 heavy (non-hydrogen) atoms. The maximum atomic E-state index is 16.3. The highest BCUT2D eigenvalue weighted by Gasteiger charge is 2.93. The summed E-state index contributed by atoms with van der Waals surface area (Å²) in [5.41, 5.74) is -10.6. The summed E-state index contributed by atoms with van der Waals surface area (Å²) >= 11 is 0. The van der Waals surface area contributed by atoms with Crippen molar-refractivity contribution in [2.75, 3.05) is 64.6 Å². The Bertz CT molecular complexity index is 3150. The number of anilines is 2. The van der Waals surface area contributed by atoms with Crippen molar-refractivity contribution in [3.05, 3.63) is 118 Å². The Kier molecular flexibility index (Phi) is 12.5. The lowest BCUT2D eigenvalue weighted by Crippen LogP contribution is -2.81. The monoisotopic (exact) mass is 1100 g/mol. The fourth-order valence-electron chi connectivity index (χ4n) is 12.7. The smallest absolute Gasteiger partial charge is 0.359 e. The van der Waals surface area contributed by atoms with Crippen LogP contribution in [0.1, 0.15) is 70.7 Å². The van der Waals surface area contributed by atoms with Crippen molar-refractivity contribution in [2.24, 2.45) is 0 Å². The van der Waals surface area contributed by atoms with Crippen LogP contribution in [0.25, 0.3) is 0 Å². The first-order chi connectivity index (χ1) is 38.6. The van der Waals surface area contributed by atoms with Gasteiger partial charge >= 0.3 is 48.0 Å². The average molecular weight is 1100 g/mol. The molecule has 7 heterocycles. The minimum Gasteiger partial charge on any atom is -0.496 e. The van der Waals surface area contributed by atoms with Gasteiger partial charge in [0.25, 0.3) is 34.5 Å². The Morgan fingerprint density at radius 3 is 0.950 bits per heavy atom. The number of carbonyl (C=O) groups is 10. The lowest BCUT2D eigenvalue weighted by molar-refractivity contribution is -0.209. The van der Waals surface area contributed by atoms with E-state index >= 15 is 38.4 Å². The number of hydrogen-bond donors (Lipinski definition) is 2. The number of ether oxygens (including phenoxy) is 6. The third kappa shape index (κ3) is 6.51. The standard InChI is InChI=1S/C54H54N10O16/c1-7-77-43(67)51-53(45(69)79-9-3)61-29-62-48(72)58-26-34-36(40(76-6)24-22-38(34)56-42(66)32-19-15-12-16-20-32)28-60-50(74)64(54(62,46(70)80-10-4)52(58,60)44(68)78-8-2)30-63(53)49(73)59(51)27-35-33(25-57(51)47(61)71)37(21-23-39(35)75-5)55-41(65)31-17-13-11-14-18-31/h11-24H,7-10,25-30H2,1-6H3,(H,55,65)(H,56,66)/t51-,52+,53+,54-. The lowest BCUT2D eigenvalue weighted by Gasteiger charge is -2.51. The first kappa shape index (κ1) is 52.4. The van der Waals surface area contributed by atoms with Crippen LogP contribution in [0.15, 0.2) is 84.9 Å². The number of carbonyl (C=O) groups excluding carboxylic acids is 10. The van der Waals surface area contributed by atoms with Gasteiger partial charge in [-0.15, -0.1) is 0 Å². The van der Waals surface area contributed by atoms with Crippen LogP contribution in [0.4, 0.5) is 30.6 Å². The molecule has 2 N–H and O–H groups in total. The van der Waals surface area contributed by atoms with Crippen molar-refractivity contribution in [2.45, 2.75) is 76.5 Å². The Morgan fingerprint density at radius 2 is 0.675 bits per heavy atom. The number of methoxy groups -OCH3 is 2. The zero-order chi connectivity index (χ0) is 56.8. The molecule has 0 aliphatic carbocycles. The molecular formula is C54H54N10O16. The van der Waals surface area contributed by atoms with E-state index in [1.54, 1.807) is 60.7 Å². The summed E-state index contributed by atoms with van der Waals surface area (Å²) in [4.78, 5) is 162. The van der Waals surface area contributed by atoms with Crippen LogP contribution >= 0.6 is 0 Å². The second-order valence-corrected chi connectivity index (χ2v) is 19.2. The highest BCUT2D eigenvalue weighted by atomic mass is 16.6. The third-order valence-electron chi connectivity index (χ3n) is 15.8. The van der Waals surface area contributed by atoms with Crippen molar-refractivity contribution in [1.29, 1.82) is 0 Å². The fraction of sp³-hybridized carbons (Fsp3) is 0.370. The van der Waals surface area contributed by atoms with Gasteiger partial charge in [-0.2, -0.15) is 0 Å². The quantitative estimate of drug-likeness (QED) is 0.134. The highest BCUT2D eigenvalue weighted by molar-refractivity contribution is 6.13. The molecule has 0 unspecified atom stereocenters. The highest BCUT2D eigenvalue weighted by Crippen LogP contribution is 2.62. The van der Waals surface area contributed by atoms with Gasteiger partial charge in [0.2, 0.25) is 0 Å². The molecule has 7 aliphatic heterocycles. The Hall–Kier alpha value is -9.62. The van der Waals surface area contributed by atoms with Crippen LogP contribution in [0.2, 0.25) is 0 Å². The molecule has 7 aliphatic rings. The van der Waals surface area contributed by atoms with Crippen LogP contribution in [-0.2, 0) is 64.3 Å². The molecule has 5 fully saturated rings. The van der Waals surface area contributed by atoms with Crippen molar-refractivity contribution >= 4 is 71.2 Å².